The van der Waals surface area contributed by atoms with Gasteiger partial charge < -0.3 is 0 Å². The van der Waals surface area contributed by atoms with Crippen LogP contribution in [0, 0.1) is 0 Å². The third-order valence-electron chi connectivity index (χ3n) is 1.52. The largest absolute Gasteiger partial charge is 0.0888 e. The molecule has 0 saturated carbocycles. The van der Waals surface area contributed by atoms with E-state index in [2.05, 4.69) is 50.3 Å². The van der Waals surface area contributed by atoms with Crippen molar-refractivity contribution in [2.75, 3.05) is 0 Å². The minimum absolute atomic E-state index is 1.13. The molecule has 0 rings (SSSR count). The van der Waals surface area contributed by atoms with Gasteiger partial charge in [0.2, 0.25) is 0 Å². The van der Waals surface area contributed by atoms with Gasteiger partial charge in [-0.2, -0.15) is 0 Å². The lowest BCUT2D eigenvalue weighted by atomic mass is 10.2. The summed E-state index contributed by atoms with van der Waals surface area (Å²) >= 11 is 0. The summed E-state index contributed by atoms with van der Waals surface area (Å²) < 4.78 is 0. The molecule has 0 heteroatoms. The van der Waals surface area contributed by atoms with Crippen LogP contribution in [0.15, 0.2) is 36.5 Å². The van der Waals surface area contributed by atoms with Crippen LogP contribution in [0.4, 0.5) is 0 Å². The van der Waals surface area contributed by atoms with E-state index < -0.39 is 0 Å². The van der Waals surface area contributed by atoms with Crippen LogP contribution in [0.1, 0.15) is 39.5 Å². The van der Waals surface area contributed by atoms with E-state index in [0.29, 0.717) is 0 Å². The van der Waals surface area contributed by atoms with Crippen LogP contribution >= 0.6 is 0 Å². The molecule has 0 heterocycles. The summed E-state index contributed by atoms with van der Waals surface area (Å²) in [6.07, 6.45) is 17.7. The van der Waals surface area contributed by atoms with Crippen LogP contribution in [0.3, 0.4) is 0 Å². The van der Waals surface area contributed by atoms with E-state index in [0.717, 1.165) is 19.3 Å². The molecule has 0 unspecified atom stereocenters. The van der Waals surface area contributed by atoms with Crippen LogP contribution < -0.4 is 0 Å². The van der Waals surface area contributed by atoms with Gasteiger partial charge in [-0.1, -0.05) is 50.3 Å². The third-order valence-corrected chi connectivity index (χ3v) is 1.52. The molecular weight excluding hydrogens is 144 g/mol. The van der Waals surface area contributed by atoms with Gasteiger partial charge in [0.1, 0.15) is 0 Å². The van der Waals surface area contributed by atoms with E-state index in [1.807, 2.05) is 0 Å². The molecule has 0 radical (unpaired) electrons. The van der Waals surface area contributed by atoms with Crippen LogP contribution in [0.5, 0.6) is 0 Å². The first-order valence-electron chi connectivity index (χ1n) is 4.88. The van der Waals surface area contributed by atoms with Crippen molar-refractivity contribution in [2.24, 2.45) is 0 Å². The van der Waals surface area contributed by atoms with Crippen molar-refractivity contribution in [3.05, 3.63) is 36.5 Å². The Morgan fingerprint density at radius 1 is 0.667 bits per heavy atom. The molecule has 0 aliphatic rings. The standard InChI is InChI=1S/C12H20/c1-3-5-7-9-11-12-10-8-6-4-2/h5-9,11H,3-4,10,12H2,1-2H3/b7-5+,8-6+,11-9+. The zero-order valence-electron chi connectivity index (χ0n) is 8.29. The van der Waals surface area contributed by atoms with Crippen LogP contribution in [-0.4, -0.2) is 0 Å². The Kier molecular flexibility index (Phi) is 9.56. The van der Waals surface area contributed by atoms with Crippen molar-refractivity contribution in [2.45, 2.75) is 39.5 Å². The highest BCUT2D eigenvalue weighted by molar-refractivity contribution is 5.02. The van der Waals surface area contributed by atoms with Crippen LogP contribution in [0.2, 0.25) is 0 Å². The van der Waals surface area contributed by atoms with Crippen molar-refractivity contribution in [1.29, 1.82) is 0 Å². The Morgan fingerprint density at radius 2 is 1.25 bits per heavy atom. The lowest BCUT2D eigenvalue weighted by Gasteiger charge is -1.84. The van der Waals surface area contributed by atoms with Gasteiger partial charge in [0, 0.05) is 0 Å². The first kappa shape index (κ1) is 11.2. The fourth-order valence-electron chi connectivity index (χ4n) is 0.866. The highest BCUT2D eigenvalue weighted by Gasteiger charge is 1.73. The van der Waals surface area contributed by atoms with E-state index in [-0.39, 0.29) is 0 Å². The van der Waals surface area contributed by atoms with Gasteiger partial charge in [-0.3, -0.25) is 0 Å². The van der Waals surface area contributed by atoms with E-state index >= 15 is 0 Å². The Morgan fingerprint density at radius 3 is 1.92 bits per heavy atom. The molecule has 0 aromatic carbocycles. The molecule has 0 fully saturated rings. The second-order valence-corrected chi connectivity index (χ2v) is 2.72. The summed E-state index contributed by atoms with van der Waals surface area (Å²) in [5.41, 5.74) is 0. The average molecular weight is 164 g/mol. The Hall–Kier alpha value is -0.780. The molecule has 0 saturated heterocycles. The summed E-state index contributed by atoms with van der Waals surface area (Å²) in [5.74, 6) is 0. The molecule has 0 aliphatic carbocycles. The quantitative estimate of drug-likeness (QED) is 0.313. The first-order chi connectivity index (χ1) is 5.91. The SMILES string of the molecule is CC/C=C/C=C/CC/C=C/CC. The molecule has 12 heavy (non-hydrogen) atoms. The molecule has 0 aliphatic heterocycles. The van der Waals surface area contributed by atoms with Gasteiger partial charge in [-0.25, -0.2) is 0 Å². The van der Waals surface area contributed by atoms with Gasteiger partial charge in [0.05, 0.1) is 0 Å². The van der Waals surface area contributed by atoms with Crippen molar-refractivity contribution in [3.8, 4) is 0 Å². The number of hydrogen-bond donors (Lipinski definition) is 0. The lowest BCUT2D eigenvalue weighted by molar-refractivity contribution is 1.04. The zero-order valence-corrected chi connectivity index (χ0v) is 8.29. The predicted molar refractivity (Wildman–Crippen MR) is 57.2 cm³/mol. The summed E-state index contributed by atoms with van der Waals surface area (Å²) in [6, 6.07) is 0. The molecular formula is C12H20. The second-order valence-electron chi connectivity index (χ2n) is 2.72. The smallest absolute Gasteiger partial charge is 0.0313 e. The molecule has 0 N–H and O–H groups in total. The van der Waals surface area contributed by atoms with E-state index in [4.69, 9.17) is 0 Å². The topological polar surface area (TPSA) is 0 Å². The molecule has 0 atom stereocenters. The number of rotatable bonds is 6. The van der Waals surface area contributed by atoms with Crippen LogP contribution in [-0.2, 0) is 0 Å². The fraction of sp³-hybridized carbons (Fsp3) is 0.500. The van der Waals surface area contributed by atoms with Crippen LogP contribution in [0.25, 0.3) is 0 Å². The maximum atomic E-state index is 2.24. The Labute approximate surface area is 76.7 Å². The first-order valence-corrected chi connectivity index (χ1v) is 4.88. The van der Waals surface area contributed by atoms with Gasteiger partial charge >= 0.3 is 0 Å². The predicted octanol–water partition coefficient (Wildman–Crippen LogP) is 4.26. The fourth-order valence-corrected chi connectivity index (χ4v) is 0.866. The molecule has 0 aromatic heterocycles. The molecule has 0 nitrogen and oxygen atoms in total. The maximum Gasteiger partial charge on any atom is -0.0313 e. The monoisotopic (exact) mass is 164 g/mol. The summed E-state index contributed by atoms with van der Waals surface area (Å²) in [4.78, 5) is 0. The van der Waals surface area contributed by atoms with Crippen molar-refractivity contribution >= 4 is 0 Å². The van der Waals surface area contributed by atoms with Crippen molar-refractivity contribution in [3.63, 3.8) is 0 Å². The van der Waals surface area contributed by atoms with Crippen molar-refractivity contribution in [1.82, 2.24) is 0 Å². The summed E-state index contributed by atoms with van der Waals surface area (Å²) in [5, 5.41) is 0. The molecule has 68 valence electrons. The van der Waals surface area contributed by atoms with Gasteiger partial charge in [-0.15, -0.1) is 0 Å². The molecule has 0 amide bonds. The van der Waals surface area contributed by atoms with Gasteiger partial charge in [-0.05, 0) is 25.7 Å². The highest BCUT2D eigenvalue weighted by Crippen LogP contribution is 1.94. The number of unbranched alkanes of at least 4 members (excludes halogenated alkanes) is 1. The van der Waals surface area contributed by atoms with Gasteiger partial charge in [0.25, 0.3) is 0 Å². The lowest BCUT2D eigenvalue weighted by Crippen LogP contribution is -1.63. The normalized spacial score (nSPS) is 12.5. The summed E-state index contributed by atoms with van der Waals surface area (Å²) in [6.45, 7) is 4.31. The summed E-state index contributed by atoms with van der Waals surface area (Å²) in [7, 11) is 0. The minimum atomic E-state index is 1.13. The Balaban J connectivity index is 3.24. The second kappa shape index (κ2) is 10.2. The van der Waals surface area contributed by atoms with Gasteiger partial charge in [0.15, 0.2) is 0 Å². The van der Waals surface area contributed by atoms with E-state index in [9.17, 15) is 0 Å². The number of hydrogen-bond acceptors (Lipinski definition) is 0. The third kappa shape index (κ3) is 9.22. The highest BCUT2D eigenvalue weighted by atomic mass is 13.8. The Bertz CT molecular complexity index is 149. The van der Waals surface area contributed by atoms with Crippen molar-refractivity contribution < 1.29 is 0 Å². The van der Waals surface area contributed by atoms with E-state index in [1.165, 1.54) is 6.42 Å². The minimum Gasteiger partial charge on any atom is -0.0888 e. The maximum absolute atomic E-state index is 2.24. The molecule has 0 spiro atoms. The molecule has 0 aromatic rings. The zero-order chi connectivity index (χ0) is 9.07. The number of allylic oxidation sites excluding steroid dienone is 6. The van der Waals surface area contributed by atoms with E-state index in [1.54, 1.807) is 0 Å². The molecule has 0 bridgehead atoms. The average Bonchev–Trinajstić information content (AvgIpc) is 2.10.